The second-order valence-electron chi connectivity index (χ2n) is 3.48. The van der Waals surface area contributed by atoms with Gasteiger partial charge in [0.2, 0.25) is 5.75 Å². The van der Waals surface area contributed by atoms with Gasteiger partial charge < -0.3 is 19.4 Å². The van der Waals surface area contributed by atoms with E-state index in [1.54, 1.807) is 6.92 Å². The summed E-state index contributed by atoms with van der Waals surface area (Å²) in [6.07, 6.45) is 0. The molecule has 0 saturated carbocycles. The summed E-state index contributed by atoms with van der Waals surface area (Å²) in [5.74, 6) is -0.825. The zero-order valence-corrected chi connectivity index (χ0v) is 9.83. The normalized spacial score (nSPS) is 10.8. The van der Waals surface area contributed by atoms with Gasteiger partial charge in [-0.3, -0.25) is 0 Å². The Morgan fingerprint density at radius 3 is 2.59 bits per heavy atom. The molecule has 0 atom stereocenters. The first kappa shape index (κ1) is 11.6. The van der Waals surface area contributed by atoms with Gasteiger partial charge >= 0.3 is 5.63 Å². The number of methoxy groups -OCH3 is 1. The zero-order valence-electron chi connectivity index (χ0n) is 9.07. The number of halogens is 1. The first-order valence-electron chi connectivity index (χ1n) is 4.69. The van der Waals surface area contributed by atoms with Gasteiger partial charge in [0, 0.05) is 5.39 Å². The van der Waals surface area contributed by atoms with Crippen LogP contribution < -0.4 is 10.4 Å². The Bertz CT molecular complexity index is 659. The molecule has 2 aromatic rings. The molecule has 0 aliphatic rings. The van der Waals surface area contributed by atoms with Crippen molar-refractivity contribution in [2.45, 2.75) is 6.92 Å². The number of phenols is 2. The van der Waals surface area contributed by atoms with E-state index < -0.39 is 17.1 Å². The molecule has 0 radical (unpaired) electrons. The van der Waals surface area contributed by atoms with E-state index in [9.17, 15) is 15.0 Å². The number of phenolic OH excluding ortho intramolecular Hbond substituents is 2. The van der Waals surface area contributed by atoms with E-state index in [0.29, 0.717) is 5.76 Å². The average Bonchev–Trinajstić information content (AvgIpc) is 2.25. The third-order valence-electron chi connectivity index (χ3n) is 2.39. The molecule has 5 nitrogen and oxygen atoms in total. The highest BCUT2D eigenvalue weighted by atomic mass is 35.5. The number of hydrogen-bond acceptors (Lipinski definition) is 5. The molecule has 1 aromatic carbocycles. The highest BCUT2D eigenvalue weighted by molar-refractivity contribution is 6.37. The second kappa shape index (κ2) is 3.85. The molecule has 0 saturated heterocycles. The van der Waals surface area contributed by atoms with Gasteiger partial charge in [0.15, 0.2) is 11.5 Å². The first-order chi connectivity index (χ1) is 7.97. The van der Waals surface area contributed by atoms with E-state index in [-0.39, 0.29) is 21.5 Å². The third-order valence-corrected chi connectivity index (χ3v) is 2.77. The van der Waals surface area contributed by atoms with Crippen LogP contribution in [-0.4, -0.2) is 17.3 Å². The van der Waals surface area contributed by atoms with Crippen molar-refractivity contribution in [3.05, 3.63) is 27.3 Å². The molecular formula is C11H9ClO5. The van der Waals surface area contributed by atoms with Gasteiger partial charge in [-0.15, -0.1) is 0 Å². The molecule has 90 valence electrons. The maximum atomic E-state index is 11.6. The standard InChI is InChI=1S/C11H9ClO5/c1-4-3-5-6(11(15)17-4)8(13)10(16-2)9(14)7(5)12/h3,13-14H,1-2H3. The number of ether oxygens (including phenoxy) is 1. The van der Waals surface area contributed by atoms with E-state index in [1.807, 2.05) is 0 Å². The molecule has 2 N–H and O–H groups in total. The SMILES string of the molecule is COc1c(O)c(Cl)c2cc(C)oc(=O)c2c1O. The van der Waals surface area contributed by atoms with Crippen LogP contribution in [-0.2, 0) is 0 Å². The smallest absolute Gasteiger partial charge is 0.347 e. The lowest BCUT2D eigenvalue weighted by Gasteiger charge is -2.10. The van der Waals surface area contributed by atoms with Crippen molar-refractivity contribution in [2.75, 3.05) is 7.11 Å². The molecule has 0 amide bonds. The third kappa shape index (κ3) is 1.59. The van der Waals surface area contributed by atoms with E-state index in [2.05, 4.69) is 0 Å². The highest BCUT2D eigenvalue weighted by Gasteiger charge is 2.21. The van der Waals surface area contributed by atoms with E-state index >= 15 is 0 Å². The molecule has 0 unspecified atom stereocenters. The Hall–Kier alpha value is -1.88. The number of aryl methyl sites for hydroxylation is 1. The molecule has 0 aliphatic heterocycles. The Morgan fingerprint density at radius 1 is 1.35 bits per heavy atom. The minimum absolute atomic E-state index is 0.0642. The van der Waals surface area contributed by atoms with Gasteiger partial charge in [-0.1, -0.05) is 11.6 Å². The number of fused-ring (bicyclic) bond motifs is 1. The largest absolute Gasteiger partial charge is 0.504 e. The van der Waals surface area contributed by atoms with Crippen LogP contribution in [0.25, 0.3) is 10.8 Å². The summed E-state index contributed by atoms with van der Waals surface area (Å²) in [5, 5.41) is 19.6. The predicted molar refractivity (Wildman–Crippen MR) is 62.1 cm³/mol. The average molecular weight is 257 g/mol. The Labute approximate surface area is 101 Å². The highest BCUT2D eigenvalue weighted by Crippen LogP contribution is 2.46. The first-order valence-corrected chi connectivity index (χ1v) is 5.07. The second-order valence-corrected chi connectivity index (χ2v) is 3.86. The van der Waals surface area contributed by atoms with Crippen molar-refractivity contribution in [1.29, 1.82) is 0 Å². The monoisotopic (exact) mass is 256 g/mol. The molecule has 2 rings (SSSR count). The number of hydrogen-bond donors (Lipinski definition) is 2. The lowest BCUT2D eigenvalue weighted by atomic mass is 10.1. The molecule has 0 fully saturated rings. The molecule has 6 heteroatoms. The fourth-order valence-electron chi connectivity index (χ4n) is 1.66. The van der Waals surface area contributed by atoms with Crippen LogP contribution in [0.4, 0.5) is 0 Å². The summed E-state index contributed by atoms with van der Waals surface area (Å²) < 4.78 is 9.64. The van der Waals surface area contributed by atoms with Crippen molar-refractivity contribution in [2.24, 2.45) is 0 Å². The van der Waals surface area contributed by atoms with Crippen molar-refractivity contribution in [1.82, 2.24) is 0 Å². The van der Waals surface area contributed by atoms with Crippen molar-refractivity contribution >= 4 is 22.4 Å². The minimum Gasteiger partial charge on any atom is -0.504 e. The molecule has 0 spiro atoms. The van der Waals surface area contributed by atoms with Crippen LogP contribution in [0.3, 0.4) is 0 Å². The summed E-state index contributed by atoms with van der Waals surface area (Å²) >= 11 is 5.90. The Morgan fingerprint density at radius 2 is 2.00 bits per heavy atom. The maximum absolute atomic E-state index is 11.6. The quantitative estimate of drug-likeness (QED) is 0.817. The van der Waals surface area contributed by atoms with Gasteiger partial charge in [-0.05, 0) is 13.0 Å². The number of rotatable bonds is 1. The topological polar surface area (TPSA) is 79.9 Å². The number of aromatic hydroxyl groups is 2. The van der Waals surface area contributed by atoms with Crippen molar-refractivity contribution in [3.63, 3.8) is 0 Å². The minimum atomic E-state index is -0.738. The lowest BCUT2D eigenvalue weighted by Crippen LogP contribution is -2.02. The predicted octanol–water partition coefficient (Wildman–Crippen LogP) is 2.17. The molecule has 1 aromatic heterocycles. The van der Waals surface area contributed by atoms with Crippen LogP contribution in [0.15, 0.2) is 15.3 Å². The van der Waals surface area contributed by atoms with Crippen LogP contribution in [0.5, 0.6) is 17.2 Å². The van der Waals surface area contributed by atoms with Crippen LogP contribution in [0, 0.1) is 6.92 Å². The zero-order chi connectivity index (χ0) is 12.7. The van der Waals surface area contributed by atoms with Crippen LogP contribution >= 0.6 is 11.6 Å². The molecular weight excluding hydrogens is 248 g/mol. The van der Waals surface area contributed by atoms with Gasteiger partial charge in [0.1, 0.15) is 11.1 Å². The molecule has 0 bridgehead atoms. The summed E-state index contributed by atoms with van der Waals surface area (Å²) in [7, 11) is 1.24. The number of benzene rings is 1. The molecule has 17 heavy (non-hydrogen) atoms. The van der Waals surface area contributed by atoms with E-state index in [1.165, 1.54) is 13.2 Å². The van der Waals surface area contributed by atoms with Gasteiger partial charge in [0.25, 0.3) is 0 Å². The Kier molecular flexibility index (Phi) is 2.63. The summed E-state index contributed by atoms with van der Waals surface area (Å²) in [6, 6.07) is 1.46. The lowest BCUT2D eigenvalue weighted by molar-refractivity contribution is 0.346. The van der Waals surface area contributed by atoms with Gasteiger partial charge in [-0.2, -0.15) is 0 Å². The summed E-state index contributed by atoms with van der Waals surface area (Å²) in [4.78, 5) is 11.6. The van der Waals surface area contributed by atoms with Crippen LogP contribution in [0.1, 0.15) is 5.76 Å². The van der Waals surface area contributed by atoms with Crippen molar-refractivity contribution in [3.8, 4) is 17.2 Å². The summed E-state index contributed by atoms with van der Waals surface area (Å²) in [6.45, 7) is 1.56. The van der Waals surface area contributed by atoms with E-state index in [4.69, 9.17) is 20.8 Å². The van der Waals surface area contributed by atoms with Crippen LogP contribution in [0.2, 0.25) is 5.02 Å². The fraction of sp³-hybridized carbons (Fsp3) is 0.182. The van der Waals surface area contributed by atoms with Crippen molar-refractivity contribution < 1.29 is 19.4 Å². The van der Waals surface area contributed by atoms with Gasteiger partial charge in [-0.25, -0.2) is 4.79 Å². The molecule has 1 heterocycles. The van der Waals surface area contributed by atoms with Gasteiger partial charge in [0.05, 0.1) is 12.1 Å². The Balaban J connectivity index is 3.09. The molecule has 0 aliphatic carbocycles. The fourth-order valence-corrected chi connectivity index (χ4v) is 1.89. The van der Waals surface area contributed by atoms with E-state index in [0.717, 1.165) is 0 Å². The maximum Gasteiger partial charge on any atom is 0.347 e. The summed E-state index contributed by atoms with van der Waals surface area (Å²) in [5.41, 5.74) is -0.738.